The molecule has 3 N–H and O–H groups in total. The Morgan fingerprint density at radius 2 is 1.64 bits per heavy atom. The van der Waals surface area contributed by atoms with Crippen LogP contribution in [0.1, 0.15) is 27.7 Å². The van der Waals surface area contributed by atoms with Crippen molar-refractivity contribution >= 4 is 24.9 Å². The second-order valence-corrected chi connectivity index (χ2v) is 5.54. The highest BCUT2D eigenvalue weighted by Gasteiger charge is 2.31. The summed E-state index contributed by atoms with van der Waals surface area (Å²) in [6.07, 6.45) is 0. The topological polar surface area (TPSA) is 122 Å². The van der Waals surface area contributed by atoms with Crippen molar-refractivity contribution in [3.8, 4) is 5.75 Å². The highest BCUT2D eigenvalue weighted by molar-refractivity contribution is 6.42. The minimum Gasteiger partial charge on any atom is -0.506 e. The summed E-state index contributed by atoms with van der Waals surface area (Å²) in [6, 6.07) is 5.54. The molecule has 10 heteroatoms. The van der Waals surface area contributed by atoms with E-state index in [9.17, 15) is 10.1 Å². The quantitative estimate of drug-likeness (QED) is 0.425. The van der Waals surface area contributed by atoms with Gasteiger partial charge >= 0.3 is 13.0 Å². The fourth-order valence-electron chi connectivity index (χ4n) is 0.834. The van der Waals surface area contributed by atoms with E-state index in [1.165, 1.54) is 24.3 Å². The van der Waals surface area contributed by atoms with Gasteiger partial charge in [0.15, 0.2) is 5.75 Å². The molecule has 0 saturated carbocycles. The van der Waals surface area contributed by atoms with E-state index in [-0.39, 0.29) is 11.4 Å². The van der Waals surface area contributed by atoms with Gasteiger partial charge in [-0.15, -0.1) is 0 Å². The summed E-state index contributed by atoms with van der Waals surface area (Å²) in [6.45, 7) is 6.31. The number of nitrogens with zero attached hydrogens (tertiary/aromatic N) is 1. The molecule has 0 radical (unpaired) electrons. The SMILES string of the molecule is CC(C)(O)C(C)(C)O.O=[N+]([O-])c1ccccc1OB(O)OCl. The number of para-hydroxylation sites is 2. The zero-order valence-corrected chi connectivity index (χ0v) is 13.4. The summed E-state index contributed by atoms with van der Waals surface area (Å²) in [4.78, 5) is 9.82. The first-order valence-corrected chi connectivity index (χ1v) is 6.51. The maximum Gasteiger partial charge on any atom is 0.727 e. The Kier molecular flexibility index (Phi) is 7.78. The summed E-state index contributed by atoms with van der Waals surface area (Å²) in [5.74, 6) is -0.120. The van der Waals surface area contributed by atoms with Gasteiger partial charge in [0.05, 0.1) is 16.1 Å². The normalized spacial score (nSPS) is 11.3. The molecule has 0 heterocycles. The lowest BCUT2D eigenvalue weighted by molar-refractivity contribution is -0.385. The van der Waals surface area contributed by atoms with Crippen LogP contribution in [0.4, 0.5) is 5.69 Å². The molecule has 0 saturated heterocycles. The molecule has 1 aromatic carbocycles. The van der Waals surface area contributed by atoms with Crippen LogP contribution in [0.5, 0.6) is 5.75 Å². The molecule has 22 heavy (non-hydrogen) atoms. The van der Waals surface area contributed by atoms with Gasteiger partial charge in [-0.1, -0.05) is 12.1 Å². The van der Waals surface area contributed by atoms with Crippen LogP contribution < -0.4 is 4.65 Å². The standard InChI is InChI=1S/C6H5BClNO5.C6H14O2/c8-14-7(10)13-6-4-2-1-3-5(6)9(11)12;1-5(2,7)6(3,4)8/h1-4,10H;7-8H,1-4H3. The summed E-state index contributed by atoms with van der Waals surface area (Å²) in [5, 5.41) is 37.5. The van der Waals surface area contributed by atoms with Crippen molar-refractivity contribution in [1.29, 1.82) is 0 Å². The molecule has 0 amide bonds. The van der Waals surface area contributed by atoms with Crippen LogP contribution >= 0.6 is 11.9 Å². The molecule has 0 aliphatic heterocycles. The maximum atomic E-state index is 10.5. The molecule has 0 atom stereocenters. The lowest BCUT2D eigenvalue weighted by atomic mass is 9.90. The number of benzene rings is 1. The van der Waals surface area contributed by atoms with E-state index in [0.717, 1.165) is 0 Å². The number of hydrogen-bond acceptors (Lipinski definition) is 7. The molecule has 1 rings (SSSR count). The fraction of sp³-hybridized carbons (Fsp3) is 0.500. The Labute approximate surface area is 133 Å². The van der Waals surface area contributed by atoms with E-state index < -0.39 is 23.4 Å². The Balaban J connectivity index is 0.000000472. The first-order chi connectivity index (χ1) is 9.90. The molecule has 0 aromatic heterocycles. The summed E-state index contributed by atoms with van der Waals surface area (Å²) >= 11 is 4.79. The van der Waals surface area contributed by atoms with Crippen LogP contribution in [-0.4, -0.2) is 38.7 Å². The molecule has 0 aliphatic rings. The summed E-state index contributed by atoms with van der Waals surface area (Å²) in [7, 11) is -1.74. The van der Waals surface area contributed by atoms with Crippen molar-refractivity contribution in [1.82, 2.24) is 0 Å². The predicted octanol–water partition coefficient (Wildman–Crippen LogP) is 1.65. The molecule has 0 spiro atoms. The van der Waals surface area contributed by atoms with Crippen molar-refractivity contribution in [2.45, 2.75) is 38.9 Å². The smallest absolute Gasteiger partial charge is 0.506 e. The van der Waals surface area contributed by atoms with Crippen LogP contribution in [0.3, 0.4) is 0 Å². The fourth-order valence-corrected chi connectivity index (χ4v) is 0.871. The third kappa shape index (κ3) is 7.05. The van der Waals surface area contributed by atoms with Gasteiger partial charge in [0.25, 0.3) is 0 Å². The van der Waals surface area contributed by atoms with Crippen molar-refractivity contribution in [2.75, 3.05) is 0 Å². The minimum absolute atomic E-state index is 0.120. The zero-order chi connectivity index (χ0) is 17.6. The molecule has 0 bridgehead atoms. The van der Waals surface area contributed by atoms with Crippen LogP contribution in [0.25, 0.3) is 0 Å². The second-order valence-electron chi connectivity index (χ2n) is 5.36. The summed E-state index contributed by atoms with van der Waals surface area (Å²) < 4.78 is 8.49. The van der Waals surface area contributed by atoms with Crippen molar-refractivity contribution in [2.24, 2.45) is 0 Å². The van der Waals surface area contributed by atoms with Crippen molar-refractivity contribution in [3.63, 3.8) is 0 Å². The van der Waals surface area contributed by atoms with Gasteiger partial charge in [-0.3, -0.25) is 14.3 Å². The Hall–Kier alpha value is -1.39. The number of nitro benzene ring substituents is 1. The molecule has 1 aromatic rings. The Morgan fingerprint density at radius 1 is 1.18 bits per heavy atom. The largest absolute Gasteiger partial charge is 0.727 e. The van der Waals surface area contributed by atoms with E-state index in [1.54, 1.807) is 27.7 Å². The molecular formula is C12H19BClNO7. The molecule has 8 nitrogen and oxygen atoms in total. The molecular weight excluding hydrogens is 316 g/mol. The van der Waals surface area contributed by atoms with Gasteiger partial charge in [-0.2, -0.15) is 0 Å². The van der Waals surface area contributed by atoms with E-state index in [2.05, 4.69) is 8.86 Å². The number of rotatable bonds is 5. The maximum absolute atomic E-state index is 10.5. The van der Waals surface area contributed by atoms with Gasteiger partial charge in [0.1, 0.15) is 0 Å². The van der Waals surface area contributed by atoms with Gasteiger partial charge in [0.2, 0.25) is 0 Å². The zero-order valence-electron chi connectivity index (χ0n) is 12.7. The lowest BCUT2D eigenvalue weighted by Crippen LogP contribution is -2.44. The number of hydrogen-bond donors (Lipinski definition) is 3. The highest BCUT2D eigenvalue weighted by Crippen LogP contribution is 2.26. The van der Waals surface area contributed by atoms with Gasteiger partial charge in [0, 0.05) is 17.9 Å². The average Bonchev–Trinajstić information content (AvgIpc) is 2.37. The summed E-state index contributed by atoms with van der Waals surface area (Å²) in [5.41, 5.74) is -2.29. The van der Waals surface area contributed by atoms with E-state index >= 15 is 0 Å². The molecule has 124 valence electrons. The first-order valence-electron chi connectivity index (χ1n) is 6.20. The van der Waals surface area contributed by atoms with Crippen LogP contribution in [0.15, 0.2) is 24.3 Å². The Bertz CT molecular complexity index is 475. The third-order valence-corrected chi connectivity index (χ3v) is 3.02. The highest BCUT2D eigenvalue weighted by atomic mass is 35.5. The predicted molar refractivity (Wildman–Crippen MR) is 81.2 cm³/mol. The van der Waals surface area contributed by atoms with E-state index in [0.29, 0.717) is 0 Å². The lowest BCUT2D eigenvalue weighted by Gasteiger charge is -2.31. The van der Waals surface area contributed by atoms with E-state index in [1.807, 2.05) is 0 Å². The molecule has 0 aliphatic carbocycles. The number of aliphatic hydroxyl groups is 2. The molecule has 0 fully saturated rings. The van der Waals surface area contributed by atoms with E-state index in [4.69, 9.17) is 27.1 Å². The molecule has 0 unspecified atom stereocenters. The van der Waals surface area contributed by atoms with Crippen LogP contribution in [0.2, 0.25) is 0 Å². The average molecular weight is 336 g/mol. The number of halogens is 1. The first kappa shape index (κ1) is 20.6. The van der Waals surface area contributed by atoms with Gasteiger partial charge < -0.3 is 19.9 Å². The number of nitro groups is 1. The van der Waals surface area contributed by atoms with Crippen molar-refractivity contribution in [3.05, 3.63) is 34.4 Å². The van der Waals surface area contributed by atoms with Gasteiger partial charge in [-0.05, 0) is 33.8 Å². The monoisotopic (exact) mass is 335 g/mol. The minimum atomic E-state index is -1.74. The van der Waals surface area contributed by atoms with Crippen molar-refractivity contribution < 1.29 is 29.0 Å². The Morgan fingerprint density at radius 3 is 2.00 bits per heavy atom. The van der Waals surface area contributed by atoms with Crippen LogP contribution in [0, 0.1) is 10.1 Å². The van der Waals surface area contributed by atoms with Gasteiger partial charge in [-0.25, -0.2) is 0 Å². The van der Waals surface area contributed by atoms with Crippen LogP contribution in [-0.2, 0) is 4.21 Å². The second kappa shape index (κ2) is 8.30. The third-order valence-electron chi connectivity index (χ3n) is 2.86.